The van der Waals surface area contributed by atoms with E-state index in [0.717, 1.165) is 58.5 Å². The molecule has 1 N–H and O–H groups in total. The Morgan fingerprint density at radius 3 is 2.10 bits per heavy atom. The van der Waals surface area contributed by atoms with Crippen molar-refractivity contribution in [2.75, 3.05) is 31.2 Å². The molecule has 3 heterocycles. The average molecular weight is 840 g/mol. The summed E-state index contributed by atoms with van der Waals surface area (Å²) in [6.45, 7) is 32.3. The second-order valence-corrected chi connectivity index (χ2v) is 17.1. The van der Waals surface area contributed by atoms with E-state index in [4.69, 9.17) is 14.3 Å². The summed E-state index contributed by atoms with van der Waals surface area (Å²) in [6.07, 6.45) is 2.94. The zero-order chi connectivity index (χ0) is 44.0. The van der Waals surface area contributed by atoms with Crippen LogP contribution in [-0.4, -0.2) is 63.7 Å². The Bertz CT molecular complexity index is 2290. The van der Waals surface area contributed by atoms with Crippen LogP contribution >= 0.6 is 8.53 Å². The van der Waals surface area contributed by atoms with E-state index in [-0.39, 0.29) is 18.0 Å². The quantitative estimate of drug-likeness (QED) is 0.106. The molecule has 3 aromatic rings. The highest BCUT2D eigenvalue weighted by atomic mass is 31.2. The van der Waals surface area contributed by atoms with Gasteiger partial charge in [-0.2, -0.15) is 5.26 Å². The van der Waals surface area contributed by atoms with E-state index in [1.807, 2.05) is 79.4 Å². The smallest absolute Gasteiger partial charge is 0.327 e. The number of urea groups is 1. The summed E-state index contributed by atoms with van der Waals surface area (Å²) in [5.74, 6) is 1.32. The molecule has 0 bridgehead atoms. The van der Waals surface area contributed by atoms with Gasteiger partial charge in [-0.05, 0) is 75.9 Å². The molecule has 3 aromatic carbocycles. The third-order valence-corrected chi connectivity index (χ3v) is 13.0. The number of hydrogen-bond donors (Lipinski definition) is 1. The molecule has 0 radical (unpaired) electrons. The number of unbranched alkanes of at least 4 members (excludes halogenated alkanes) is 1. The topological polar surface area (TPSA) is 105 Å². The first-order chi connectivity index (χ1) is 29.3. The first kappa shape index (κ1) is 44.8. The van der Waals surface area contributed by atoms with Gasteiger partial charge in [-0.25, -0.2) is 14.4 Å². The van der Waals surface area contributed by atoms with Crippen molar-refractivity contribution in [3.8, 4) is 6.07 Å². The Morgan fingerprint density at radius 1 is 0.885 bits per heavy atom. The number of amides is 3. The Hall–Kier alpha value is -5.76. The van der Waals surface area contributed by atoms with E-state index in [2.05, 4.69) is 82.2 Å². The molecule has 0 aliphatic carbocycles. The molecule has 3 amide bonds. The highest BCUT2D eigenvalue weighted by Crippen LogP contribution is 2.48. The molecule has 0 saturated heterocycles. The van der Waals surface area contributed by atoms with Crippen LogP contribution in [0.15, 0.2) is 139 Å². The molecule has 0 saturated carbocycles. The van der Waals surface area contributed by atoms with E-state index < -0.39 is 8.53 Å². The fraction of sp³-hybridized carbons (Fsp3) is 0.327. The predicted octanol–water partition coefficient (Wildman–Crippen LogP) is 10.8. The number of nitriles is 1. The third kappa shape index (κ3) is 9.44. The van der Waals surface area contributed by atoms with E-state index in [9.17, 15) is 9.59 Å². The molecule has 12 heteroatoms. The van der Waals surface area contributed by atoms with Gasteiger partial charge in [-0.15, -0.1) is 0 Å². The van der Waals surface area contributed by atoms with Crippen molar-refractivity contribution >= 4 is 31.8 Å². The molecule has 1 unspecified atom stereocenters. The summed E-state index contributed by atoms with van der Waals surface area (Å²) in [5.41, 5.74) is 8.45. The van der Waals surface area contributed by atoms with Gasteiger partial charge in [-0.1, -0.05) is 106 Å². The molecule has 3 aliphatic heterocycles. The second-order valence-electron chi connectivity index (χ2n) is 15.6. The van der Waals surface area contributed by atoms with Gasteiger partial charge >= 0.3 is 6.03 Å². The van der Waals surface area contributed by atoms with Gasteiger partial charge in [0, 0.05) is 53.6 Å². The largest absolute Gasteiger partial charge is 0.334 e. The fourth-order valence-electron chi connectivity index (χ4n) is 7.60. The Kier molecular flexibility index (Phi) is 14.5. The van der Waals surface area contributed by atoms with E-state index in [1.165, 1.54) is 4.90 Å². The van der Waals surface area contributed by atoms with Crippen molar-refractivity contribution in [2.24, 2.45) is 0 Å². The van der Waals surface area contributed by atoms with E-state index >= 15 is 0 Å². The lowest BCUT2D eigenvalue weighted by atomic mass is 9.91. The number of carbonyl (C=O) groups excluding carboxylic acids is 2. The number of carbonyl (C=O) groups is 2. The Labute approximate surface area is 363 Å². The lowest BCUT2D eigenvalue weighted by molar-refractivity contribution is 0.0837. The number of benzene rings is 3. The molecule has 3 aliphatic rings. The van der Waals surface area contributed by atoms with Gasteiger partial charge in [0.1, 0.15) is 17.5 Å². The maximum absolute atomic E-state index is 14.9. The summed E-state index contributed by atoms with van der Waals surface area (Å²) in [7, 11) is -1.34. The number of allylic oxidation sites excluding steroid dienone is 2. The van der Waals surface area contributed by atoms with Crippen LogP contribution in [-0.2, 0) is 15.5 Å². The molecular formula is C49H58N7O4P. The molecule has 1 atom stereocenters. The first-order valence-electron chi connectivity index (χ1n) is 21.0. The normalized spacial score (nSPS) is 16.0. The summed E-state index contributed by atoms with van der Waals surface area (Å²) >= 11 is 0. The number of aryl methyl sites for hydroxylation is 2. The van der Waals surface area contributed by atoms with Gasteiger partial charge in [0.2, 0.25) is 0 Å². The average Bonchev–Trinajstić information content (AvgIpc) is 3.24. The van der Waals surface area contributed by atoms with Crippen LogP contribution in [0, 0.1) is 25.2 Å². The SMILES string of the molecule is C=C1C2=C(N(C(=C)c3ccc(C)cc3)C(=O)N1CCCC)N(c1ccc(CCOP(OCCC#N)N(CC)C(C)C)cc1)C1=C(C2)C(=C)N(C(=O)c2ccc(C)cc2)C(=C)N1. The zero-order valence-electron chi connectivity index (χ0n) is 36.5. The van der Waals surface area contributed by atoms with Crippen molar-refractivity contribution in [1.82, 2.24) is 24.7 Å². The van der Waals surface area contributed by atoms with E-state index in [0.29, 0.717) is 79.1 Å². The van der Waals surface area contributed by atoms with Crippen LogP contribution in [0.3, 0.4) is 0 Å². The van der Waals surface area contributed by atoms with Crippen LogP contribution in [0.2, 0.25) is 0 Å². The predicted molar refractivity (Wildman–Crippen MR) is 245 cm³/mol. The molecule has 6 rings (SSSR count). The molecule has 11 nitrogen and oxygen atoms in total. The standard InChI is InChI=1S/C49H58N7O4P/c1-11-13-29-52-37(8)45-32-44-38(9)54(48(57)42-23-17-35(6)18-24-42)39(10)51-46(44)56(47(45)55(49(52)58)36(7)41-21-15-34(5)16-22-41)43-25-19-40(20-26-43)27-31-60-61(59-30-14-28-50)53(12-2)33(3)4/h15-26,33,51H,7-14,27,29-32H2,1-6H3. The number of nitrogens with one attached hydrogen (secondary N) is 1. The van der Waals surface area contributed by atoms with Crippen LogP contribution in [0.4, 0.5) is 10.5 Å². The summed E-state index contributed by atoms with van der Waals surface area (Å²) in [6, 6.07) is 25.7. The van der Waals surface area contributed by atoms with Crippen molar-refractivity contribution < 1.29 is 18.6 Å². The minimum absolute atomic E-state index is 0.219. The number of hydrogen-bond acceptors (Lipinski definition) is 8. The number of anilines is 1. The monoisotopic (exact) mass is 839 g/mol. The maximum Gasteiger partial charge on any atom is 0.334 e. The van der Waals surface area contributed by atoms with Crippen molar-refractivity contribution in [1.29, 1.82) is 5.26 Å². The van der Waals surface area contributed by atoms with Crippen molar-refractivity contribution in [3.05, 3.63) is 167 Å². The first-order valence-corrected chi connectivity index (χ1v) is 22.1. The molecule has 318 valence electrons. The lowest BCUT2D eigenvalue weighted by Crippen LogP contribution is -2.54. The highest BCUT2D eigenvalue weighted by molar-refractivity contribution is 7.44. The Balaban J connectivity index is 1.42. The summed E-state index contributed by atoms with van der Waals surface area (Å²) in [4.78, 5) is 36.0. The highest BCUT2D eigenvalue weighted by Gasteiger charge is 2.46. The van der Waals surface area contributed by atoms with Gasteiger partial charge in [0.05, 0.1) is 37.1 Å². The minimum atomic E-state index is -1.34. The Morgan fingerprint density at radius 2 is 1.51 bits per heavy atom. The fourth-order valence-corrected chi connectivity index (χ4v) is 9.07. The maximum atomic E-state index is 14.9. The van der Waals surface area contributed by atoms with Crippen LogP contribution < -0.4 is 10.2 Å². The number of nitrogens with zero attached hydrogens (tertiary/aromatic N) is 6. The molecule has 0 fully saturated rings. The minimum Gasteiger partial charge on any atom is -0.327 e. The molecule has 0 aromatic heterocycles. The van der Waals surface area contributed by atoms with Crippen molar-refractivity contribution in [3.63, 3.8) is 0 Å². The molecular weight excluding hydrogens is 782 g/mol. The van der Waals surface area contributed by atoms with E-state index in [1.54, 1.807) is 9.80 Å². The number of rotatable bonds is 17. The van der Waals surface area contributed by atoms with Gasteiger partial charge in [0.15, 0.2) is 0 Å². The molecule has 0 spiro atoms. The van der Waals surface area contributed by atoms with Gasteiger partial charge in [-0.3, -0.25) is 19.5 Å². The molecule has 61 heavy (non-hydrogen) atoms. The summed E-state index contributed by atoms with van der Waals surface area (Å²) < 4.78 is 14.6. The van der Waals surface area contributed by atoms with Crippen LogP contribution in [0.25, 0.3) is 5.70 Å². The lowest BCUT2D eigenvalue weighted by Gasteiger charge is -2.50. The van der Waals surface area contributed by atoms with Gasteiger partial charge < -0.3 is 14.4 Å². The van der Waals surface area contributed by atoms with Crippen molar-refractivity contribution in [2.45, 2.75) is 79.7 Å². The summed E-state index contributed by atoms with van der Waals surface area (Å²) in [5, 5.41) is 12.6. The third-order valence-electron chi connectivity index (χ3n) is 11.0. The van der Waals surface area contributed by atoms with Crippen LogP contribution in [0.1, 0.15) is 86.0 Å². The van der Waals surface area contributed by atoms with Gasteiger partial charge in [0.25, 0.3) is 14.4 Å². The second kappa shape index (κ2) is 19.7. The zero-order valence-corrected chi connectivity index (χ0v) is 37.4. The van der Waals surface area contributed by atoms with Crippen LogP contribution in [0.5, 0.6) is 0 Å².